The summed E-state index contributed by atoms with van der Waals surface area (Å²) in [5, 5.41) is 9.47. The van der Waals surface area contributed by atoms with E-state index < -0.39 is 0 Å². The van der Waals surface area contributed by atoms with Crippen molar-refractivity contribution in [1.29, 1.82) is 0 Å². The van der Waals surface area contributed by atoms with Crippen molar-refractivity contribution in [3.05, 3.63) is 22.7 Å². The lowest BCUT2D eigenvalue weighted by Gasteiger charge is -2.33. The first-order valence-electron chi connectivity index (χ1n) is 5.81. The zero-order chi connectivity index (χ0) is 13.1. The van der Waals surface area contributed by atoms with E-state index >= 15 is 0 Å². The summed E-state index contributed by atoms with van der Waals surface area (Å²) in [6, 6.07) is 1.59. The molecule has 3 atom stereocenters. The van der Waals surface area contributed by atoms with Crippen LogP contribution in [0.2, 0.25) is 0 Å². The molecule has 6 nitrogen and oxygen atoms in total. The summed E-state index contributed by atoms with van der Waals surface area (Å²) in [5.41, 5.74) is 5.06. The molecular formula is C11H17N3O3S. The van der Waals surface area contributed by atoms with Crippen LogP contribution < -0.4 is 11.4 Å². The first-order valence-corrected chi connectivity index (χ1v) is 6.86. The number of nitrogens with zero attached hydrogens (tertiary/aromatic N) is 2. The van der Waals surface area contributed by atoms with Gasteiger partial charge in [0.05, 0.1) is 25.4 Å². The van der Waals surface area contributed by atoms with Gasteiger partial charge in [0.15, 0.2) is 0 Å². The molecule has 3 N–H and O–H groups in total. The molecule has 1 saturated heterocycles. The highest BCUT2D eigenvalue weighted by Crippen LogP contribution is 2.26. The average molecular weight is 271 g/mol. The molecule has 100 valence electrons. The van der Waals surface area contributed by atoms with Crippen LogP contribution in [0, 0.1) is 0 Å². The number of aliphatic hydroxyl groups excluding tert-OH is 1. The van der Waals surface area contributed by atoms with Gasteiger partial charge in [0.2, 0.25) is 0 Å². The van der Waals surface area contributed by atoms with Gasteiger partial charge in [0.25, 0.3) is 0 Å². The van der Waals surface area contributed by atoms with Gasteiger partial charge >= 0.3 is 5.69 Å². The Labute approximate surface area is 109 Å². The number of aromatic nitrogens is 2. The molecule has 7 heteroatoms. The molecule has 2 heterocycles. The number of anilines is 1. The van der Waals surface area contributed by atoms with Crippen molar-refractivity contribution in [2.45, 2.75) is 30.9 Å². The summed E-state index contributed by atoms with van der Waals surface area (Å²) in [7, 11) is 0. The molecule has 0 radical (unpaired) electrons. The summed E-state index contributed by atoms with van der Waals surface area (Å²) >= 11 is 1.74. The zero-order valence-corrected chi connectivity index (χ0v) is 11.0. The van der Waals surface area contributed by atoms with E-state index in [2.05, 4.69) is 4.98 Å². The summed E-state index contributed by atoms with van der Waals surface area (Å²) in [5.74, 6) is 1.02. The number of thioether (sulfide) groups is 1. The van der Waals surface area contributed by atoms with E-state index in [1.165, 1.54) is 4.57 Å². The fourth-order valence-electron chi connectivity index (χ4n) is 1.85. The van der Waals surface area contributed by atoms with Crippen molar-refractivity contribution in [3.63, 3.8) is 0 Å². The fraction of sp³-hybridized carbons (Fsp3) is 0.636. The highest BCUT2D eigenvalue weighted by Gasteiger charge is 2.28. The minimum absolute atomic E-state index is 0.000443. The van der Waals surface area contributed by atoms with Gasteiger partial charge in [-0.3, -0.25) is 4.57 Å². The van der Waals surface area contributed by atoms with Gasteiger partial charge in [-0.05, 0) is 6.07 Å². The third-order valence-corrected chi connectivity index (χ3v) is 4.31. The lowest BCUT2D eigenvalue weighted by atomic mass is 10.2. The topological polar surface area (TPSA) is 90.4 Å². The second kappa shape index (κ2) is 5.73. The maximum atomic E-state index is 11.6. The lowest BCUT2D eigenvalue weighted by Crippen LogP contribution is -2.42. The van der Waals surface area contributed by atoms with Crippen molar-refractivity contribution in [3.8, 4) is 0 Å². The molecule has 0 bridgehead atoms. The molecule has 1 fully saturated rings. The summed E-state index contributed by atoms with van der Waals surface area (Å²) in [6.07, 6.45) is 1.35. The van der Waals surface area contributed by atoms with Crippen molar-refractivity contribution in [1.82, 2.24) is 9.55 Å². The SMILES string of the molecule is CC1SCC(Cn2ccc(N)nc2=O)OC1CO. The number of rotatable bonds is 3. The predicted molar refractivity (Wildman–Crippen MR) is 70.6 cm³/mol. The van der Waals surface area contributed by atoms with Crippen LogP contribution in [0.5, 0.6) is 0 Å². The minimum atomic E-state index is -0.372. The van der Waals surface area contributed by atoms with Crippen LogP contribution in [-0.2, 0) is 11.3 Å². The first kappa shape index (κ1) is 13.4. The molecule has 0 spiro atoms. The van der Waals surface area contributed by atoms with E-state index in [4.69, 9.17) is 10.5 Å². The fourth-order valence-corrected chi connectivity index (χ4v) is 2.92. The molecular weight excluding hydrogens is 254 g/mol. The molecule has 1 aromatic heterocycles. The van der Waals surface area contributed by atoms with Gasteiger partial charge in [-0.2, -0.15) is 16.7 Å². The Hall–Kier alpha value is -1.05. The van der Waals surface area contributed by atoms with Crippen LogP contribution in [-0.4, -0.2) is 44.5 Å². The largest absolute Gasteiger partial charge is 0.394 e. The smallest absolute Gasteiger partial charge is 0.349 e. The molecule has 1 aliphatic heterocycles. The van der Waals surface area contributed by atoms with Crippen LogP contribution in [0.4, 0.5) is 5.82 Å². The Kier molecular flexibility index (Phi) is 4.26. The van der Waals surface area contributed by atoms with Gasteiger partial charge in [-0.15, -0.1) is 0 Å². The van der Waals surface area contributed by atoms with Crippen LogP contribution >= 0.6 is 11.8 Å². The van der Waals surface area contributed by atoms with Crippen LogP contribution in [0.15, 0.2) is 17.1 Å². The Balaban J connectivity index is 2.03. The van der Waals surface area contributed by atoms with E-state index in [0.717, 1.165) is 5.75 Å². The molecule has 2 rings (SSSR count). The molecule has 1 aromatic rings. The Morgan fingerprint density at radius 2 is 2.50 bits per heavy atom. The predicted octanol–water partition coefficient (Wildman–Crippen LogP) is -0.293. The third kappa shape index (κ3) is 3.04. The lowest BCUT2D eigenvalue weighted by molar-refractivity contribution is -0.0404. The zero-order valence-electron chi connectivity index (χ0n) is 10.2. The number of nitrogens with two attached hydrogens (primary N) is 1. The second-order valence-corrected chi connectivity index (χ2v) is 5.72. The maximum Gasteiger partial charge on any atom is 0.349 e. The van der Waals surface area contributed by atoms with Gasteiger partial charge in [0, 0.05) is 17.2 Å². The van der Waals surface area contributed by atoms with Crippen molar-refractivity contribution >= 4 is 17.6 Å². The molecule has 3 unspecified atom stereocenters. The Morgan fingerprint density at radius 1 is 1.72 bits per heavy atom. The standard InChI is InChI=1S/C11H17N3O3S/c1-7-9(5-15)17-8(6-18-7)4-14-3-2-10(12)13-11(14)16/h2-3,7-9,15H,4-6H2,1H3,(H2,12,13,16). The Bertz CT molecular complexity index is 465. The number of hydrogen-bond donors (Lipinski definition) is 2. The van der Waals surface area contributed by atoms with E-state index in [0.29, 0.717) is 6.54 Å². The monoisotopic (exact) mass is 271 g/mol. The first-order chi connectivity index (χ1) is 8.60. The van der Waals surface area contributed by atoms with E-state index in [1.807, 2.05) is 6.92 Å². The van der Waals surface area contributed by atoms with Gasteiger partial charge in [0.1, 0.15) is 5.82 Å². The normalized spacial score (nSPS) is 28.2. The quantitative estimate of drug-likeness (QED) is 0.785. The summed E-state index contributed by atoms with van der Waals surface area (Å²) in [6.45, 7) is 2.46. The van der Waals surface area contributed by atoms with Crippen molar-refractivity contribution < 1.29 is 9.84 Å². The number of nitrogen functional groups attached to an aromatic ring is 1. The number of hydrogen-bond acceptors (Lipinski definition) is 6. The summed E-state index contributed by atoms with van der Waals surface area (Å²) in [4.78, 5) is 15.3. The van der Waals surface area contributed by atoms with E-state index in [-0.39, 0.29) is 35.6 Å². The van der Waals surface area contributed by atoms with Crippen LogP contribution in [0.3, 0.4) is 0 Å². The third-order valence-electron chi connectivity index (χ3n) is 2.91. The Morgan fingerprint density at radius 3 is 3.17 bits per heavy atom. The highest BCUT2D eigenvalue weighted by molar-refractivity contribution is 8.00. The van der Waals surface area contributed by atoms with Crippen LogP contribution in [0.1, 0.15) is 6.92 Å². The molecule has 0 saturated carbocycles. The second-order valence-electron chi connectivity index (χ2n) is 4.30. The molecule has 0 aromatic carbocycles. The molecule has 0 amide bonds. The highest BCUT2D eigenvalue weighted by atomic mass is 32.2. The molecule has 1 aliphatic rings. The van der Waals surface area contributed by atoms with Gasteiger partial charge in [-0.1, -0.05) is 6.92 Å². The van der Waals surface area contributed by atoms with Gasteiger partial charge < -0.3 is 15.6 Å². The van der Waals surface area contributed by atoms with E-state index in [9.17, 15) is 9.90 Å². The molecule has 18 heavy (non-hydrogen) atoms. The number of ether oxygens (including phenoxy) is 1. The summed E-state index contributed by atoms with van der Waals surface area (Å²) < 4.78 is 7.23. The maximum absolute atomic E-state index is 11.6. The van der Waals surface area contributed by atoms with Crippen LogP contribution in [0.25, 0.3) is 0 Å². The molecule has 0 aliphatic carbocycles. The van der Waals surface area contributed by atoms with Crippen molar-refractivity contribution in [2.24, 2.45) is 0 Å². The minimum Gasteiger partial charge on any atom is -0.394 e. The van der Waals surface area contributed by atoms with Gasteiger partial charge in [-0.25, -0.2) is 4.79 Å². The van der Waals surface area contributed by atoms with Crippen molar-refractivity contribution in [2.75, 3.05) is 18.1 Å². The van der Waals surface area contributed by atoms with E-state index in [1.54, 1.807) is 24.0 Å². The number of aliphatic hydroxyl groups is 1. The average Bonchev–Trinajstić information content (AvgIpc) is 2.35.